The summed E-state index contributed by atoms with van der Waals surface area (Å²) in [6.45, 7) is 7.22. The Bertz CT molecular complexity index is 376. The van der Waals surface area contributed by atoms with Crippen molar-refractivity contribution in [2.75, 3.05) is 44.0 Å². The Balaban J connectivity index is 2.33. The van der Waals surface area contributed by atoms with Crippen LogP contribution in [0.25, 0.3) is 0 Å². The third-order valence-corrected chi connectivity index (χ3v) is 2.52. The molecule has 0 spiro atoms. The standard InChI is InChI=1S/C13H25N5O2/c1-4-6-9-20-10-7-8-15-12-16-11(14-5-2)17-13(18-12)19-3/h4-10H2,1-3H3,(H2,14,15,16,17,18). The maximum atomic E-state index is 5.49. The first kappa shape index (κ1) is 16.4. The molecule has 2 N–H and O–H groups in total. The number of hydrogen-bond acceptors (Lipinski definition) is 7. The van der Waals surface area contributed by atoms with Crippen molar-refractivity contribution in [3.63, 3.8) is 0 Å². The monoisotopic (exact) mass is 283 g/mol. The van der Waals surface area contributed by atoms with E-state index in [1.807, 2.05) is 6.92 Å². The molecule has 0 aliphatic rings. The molecule has 0 aliphatic heterocycles. The van der Waals surface area contributed by atoms with Crippen LogP contribution in [0.2, 0.25) is 0 Å². The number of ether oxygens (including phenoxy) is 2. The van der Waals surface area contributed by atoms with Gasteiger partial charge in [0.2, 0.25) is 11.9 Å². The summed E-state index contributed by atoms with van der Waals surface area (Å²) in [5.74, 6) is 1.03. The minimum absolute atomic E-state index is 0.303. The van der Waals surface area contributed by atoms with Gasteiger partial charge in [-0.3, -0.25) is 0 Å². The molecule has 0 fully saturated rings. The van der Waals surface area contributed by atoms with Crippen LogP contribution in [0, 0.1) is 0 Å². The quantitative estimate of drug-likeness (QED) is 0.600. The molecule has 0 bridgehead atoms. The predicted molar refractivity (Wildman–Crippen MR) is 79.4 cm³/mol. The summed E-state index contributed by atoms with van der Waals surface area (Å²) >= 11 is 0. The zero-order valence-corrected chi connectivity index (χ0v) is 12.6. The second-order valence-electron chi connectivity index (χ2n) is 4.25. The first-order valence-corrected chi connectivity index (χ1v) is 7.15. The normalized spacial score (nSPS) is 10.3. The summed E-state index contributed by atoms with van der Waals surface area (Å²) < 4.78 is 10.5. The SMILES string of the molecule is CCCCOCCCNc1nc(NCC)nc(OC)n1. The van der Waals surface area contributed by atoms with Crippen molar-refractivity contribution < 1.29 is 9.47 Å². The van der Waals surface area contributed by atoms with Gasteiger partial charge in [-0.05, 0) is 19.8 Å². The molecule has 0 aliphatic carbocycles. The Hall–Kier alpha value is -1.63. The lowest BCUT2D eigenvalue weighted by Crippen LogP contribution is -2.12. The van der Waals surface area contributed by atoms with E-state index in [-0.39, 0.29) is 0 Å². The van der Waals surface area contributed by atoms with Crippen molar-refractivity contribution in [1.82, 2.24) is 15.0 Å². The number of unbranched alkanes of at least 4 members (excludes halogenated alkanes) is 1. The molecule has 1 aromatic heterocycles. The Morgan fingerprint density at radius 1 is 0.950 bits per heavy atom. The molecule has 0 atom stereocenters. The van der Waals surface area contributed by atoms with E-state index in [4.69, 9.17) is 9.47 Å². The van der Waals surface area contributed by atoms with E-state index in [2.05, 4.69) is 32.5 Å². The Kier molecular flexibility index (Phi) is 8.37. The minimum Gasteiger partial charge on any atom is -0.467 e. The molecular weight excluding hydrogens is 258 g/mol. The molecule has 0 saturated carbocycles. The van der Waals surface area contributed by atoms with Gasteiger partial charge in [0.05, 0.1) is 7.11 Å². The van der Waals surface area contributed by atoms with E-state index in [0.717, 1.165) is 45.6 Å². The molecule has 1 aromatic rings. The topological polar surface area (TPSA) is 81.2 Å². The van der Waals surface area contributed by atoms with Gasteiger partial charge in [0, 0.05) is 26.3 Å². The smallest absolute Gasteiger partial charge is 0.322 e. The molecule has 1 rings (SSSR count). The summed E-state index contributed by atoms with van der Waals surface area (Å²) in [4.78, 5) is 12.5. The summed E-state index contributed by atoms with van der Waals surface area (Å²) in [6, 6.07) is 0.303. The number of nitrogens with zero attached hydrogens (tertiary/aromatic N) is 3. The highest BCUT2D eigenvalue weighted by Crippen LogP contribution is 2.10. The van der Waals surface area contributed by atoms with E-state index in [0.29, 0.717) is 17.9 Å². The summed E-state index contributed by atoms with van der Waals surface area (Å²) in [5, 5.41) is 6.19. The number of anilines is 2. The van der Waals surface area contributed by atoms with E-state index < -0.39 is 0 Å². The maximum absolute atomic E-state index is 5.49. The molecule has 7 nitrogen and oxygen atoms in total. The lowest BCUT2D eigenvalue weighted by molar-refractivity contribution is 0.131. The molecule has 1 heterocycles. The summed E-state index contributed by atoms with van der Waals surface area (Å²) in [5.41, 5.74) is 0. The first-order valence-electron chi connectivity index (χ1n) is 7.15. The number of aromatic nitrogens is 3. The van der Waals surface area contributed by atoms with Crippen molar-refractivity contribution in [1.29, 1.82) is 0 Å². The van der Waals surface area contributed by atoms with Crippen molar-refractivity contribution >= 4 is 11.9 Å². The van der Waals surface area contributed by atoms with Crippen molar-refractivity contribution in [3.05, 3.63) is 0 Å². The van der Waals surface area contributed by atoms with Crippen LogP contribution in [-0.4, -0.2) is 48.4 Å². The number of nitrogens with one attached hydrogen (secondary N) is 2. The second kappa shape index (κ2) is 10.2. The number of methoxy groups -OCH3 is 1. The van der Waals surface area contributed by atoms with E-state index in [1.54, 1.807) is 0 Å². The zero-order valence-electron chi connectivity index (χ0n) is 12.6. The average molecular weight is 283 g/mol. The van der Waals surface area contributed by atoms with Crippen LogP contribution in [0.15, 0.2) is 0 Å². The number of rotatable bonds is 11. The third kappa shape index (κ3) is 6.51. The molecule has 114 valence electrons. The molecule has 7 heteroatoms. The van der Waals surface area contributed by atoms with Crippen molar-refractivity contribution in [3.8, 4) is 6.01 Å². The highest BCUT2D eigenvalue weighted by Gasteiger charge is 2.05. The Morgan fingerprint density at radius 2 is 1.65 bits per heavy atom. The van der Waals surface area contributed by atoms with Crippen molar-refractivity contribution in [2.24, 2.45) is 0 Å². The van der Waals surface area contributed by atoms with Gasteiger partial charge in [-0.1, -0.05) is 13.3 Å². The van der Waals surface area contributed by atoms with Gasteiger partial charge in [0.15, 0.2) is 0 Å². The molecule has 0 amide bonds. The maximum Gasteiger partial charge on any atom is 0.322 e. The van der Waals surface area contributed by atoms with Crippen LogP contribution in [0.5, 0.6) is 6.01 Å². The van der Waals surface area contributed by atoms with Crippen LogP contribution in [-0.2, 0) is 4.74 Å². The van der Waals surface area contributed by atoms with Gasteiger partial charge in [-0.15, -0.1) is 0 Å². The zero-order chi connectivity index (χ0) is 14.6. The number of hydrogen-bond donors (Lipinski definition) is 2. The van der Waals surface area contributed by atoms with Crippen molar-refractivity contribution in [2.45, 2.75) is 33.1 Å². The first-order chi connectivity index (χ1) is 9.80. The molecule has 0 saturated heterocycles. The molecular formula is C13H25N5O2. The van der Waals surface area contributed by atoms with E-state index in [1.165, 1.54) is 7.11 Å². The highest BCUT2D eigenvalue weighted by molar-refractivity contribution is 5.35. The Morgan fingerprint density at radius 3 is 2.30 bits per heavy atom. The summed E-state index contributed by atoms with van der Waals surface area (Å²) in [6.07, 6.45) is 3.19. The van der Waals surface area contributed by atoms with Crippen LogP contribution in [0.1, 0.15) is 33.1 Å². The highest BCUT2D eigenvalue weighted by atomic mass is 16.5. The molecule has 20 heavy (non-hydrogen) atoms. The van der Waals surface area contributed by atoms with Gasteiger partial charge < -0.3 is 20.1 Å². The molecule has 0 aromatic carbocycles. The van der Waals surface area contributed by atoms with E-state index >= 15 is 0 Å². The van der Waals surface area contributed by atoms with Gasteiger partial charge in [-0.2, -0.15) is 15.0 Å². The van der Waals surface area contributed by atoms with Gasteiger partial charge in [0.25, 0.3) is 0 Å². The van der Waals surface area contributed by atoms with Crippen LogP contribution in [0.4, 0.5) is 11.9 Å². The fraction of sp³-hybridized carbons (Fsp3) is 0.769. The van der Waals surface area contributed by atoms with Crippen LogP contribution in [0.3, 0.4) is 0 Å². The lowest BCUT2D eigenvalue weighted by atomic mass is 10.4. The van der Waals surface area contributed by atoms with Gasteiger partial charge in [-0.25, -0.2) is 0 Å². The fourth-order valence-corrected chi connectivity index (χ4v) is 1.49. The van der Waals surface area contributed by atoms with Crippen LogP contribution >= 0.6 is 0 Å². The second-order valence-corrected chi connectivity index (χ2v) is 4.25. The van der Waals surface area contributed by atoms with E-state index in [9.17, 15) is 0 Å². The van der Waals surface area contributed by atoms with Gasteiger partial charge >= 0.3 is 6.01 Å². The molecule has 0 radical (unpaired) electrons. The lowest BCUT2D eigenvalue weighted by Gasteiger charge is -2.08. The minimum atomic E-state index is 0.303. The van der Waals surface area contributed by atoms with Gasteiger partial charge in [0.1, 0.15) is 0 Å². The summed E-state index contributed by atoms with van der Waals surface area (Å²) in [7, 11) is 1.54. The fourth-order valence-electron chi connectivity index (χ4n) is 1.49. The molecule has 0 unspecified atom stereocenters. The largest absolute Gasteiger partial charge is 0.467 e. The third-order valence-electron chi connectivity index (χ3n) is 2.52. The van der Waals surface area contributed by atoms with Crippen LogP contribution < -0.4 is 15.4 Å². The predicted octanol–water partition coefficient (Wildman–Crippen LogP) is 1.93. The average Bonchev–Trinajstić information content (AvgIpc) is 2.46. The Labute approximate surface area is 120 Å².